The van der Waals surface area contributed by atoms with Gasteiger partial charge in [0.05, 0.1) is 11.5 Å². The Morgan fingerprint density at radius 1 is 1.36 bits per heavy atom. The summed E-state index contributed by atoms with van der Waals surface area (Å²) < 4.78 is 30.8. The van der Waals surface area contributed by atoms with E-state index in [-0.39, 0.29) is 11.3 Å². The fraction of sp³-hybridized carbons (Fsp3) is 0.333. The summed E-state index contributed by atoms with van der Waals surface area (Å²) in [6, 6.07) is 4.62. The van der Waals surface area contributed by atoms with Gasteiger partial charge in [-0.3, -0.25) is 4.55 Å². The van der Waals surface area contributed by atoms with Gasteiger partial charge in [-0.25, -0.2) is 5.11 Å². The Balaban J connectivity index is 3.30. The molecule has 0 unspecified atom stereocenters. The monoisotopic (exact) mass is 215 g/mol. The van der Waals surface area contributed by atoms with Crippen molar-refractivity contribution in [2.75, 3.05) is 6.61 Å². The molecule has 0 aliphatic carbocycles. The van der Waals surface area contributed by atoms with E-state index in [9.17, 15) is 13.5 Å². The molecular weight excluding hydrogens is 204 g/mol. The van der Waals surface area contributed by atoms with Gasteiger partial charge in [0, 0.05) is 6.42 Å². The third kappa shape index (κ3) is 2.54. The molecule has 0 amide bonds. The van der Waals surface area contributed by atoms with Crippen LogP contribution in [0.2, 0.25) is 0 Å². The van der Waals surface area contributed by atoms with Gasteiger partial charge in [0.2, 0.25) is 0 Å². The van der Waals surface area contributed by atoms with Crippen LogP contribution in [0.15, 0.2) is 23.1 Å². The van der Waals surface area contributed by atoms with E-state index in [1.54, 1.807) is 19.1 Å². The maximum Gasteiger partial charge on any atom is 0.294 e. The highest BCUT2D eigenvalue weighted by Gasteiger charge is 2.14. The summed E-state index contributed by atoms with van der Waals surface area (Å²) in [6.07, 6.45) is 0.107. The van der Waals surface area contributed by atoms with E-state index in [0.717, 1.165) is 5.56 Å². The molecule has 1 rings (SSSR count). The molecule has 5 heteroatoms. The molecule has 0 spiro atoms. The average Bonchev–Trinajstić information content (AvgIpc) is 2.07. The van der Waals surface area contributed by atoms with Gasteiger partial charge in [-0.2, -0.15) is 8.42 Å². The number of hydrogen-bond acceptors (Lipinski definition) is 2. The van der Waals surface area contributed by atoms with Gasteiger partial charge in [0.15, 0.2) is 0 Å². The smallest absolute Gasteiger partial charge is 0.282 e. The Morgan fingerprint density at radius 3 is 2.50 bits per heavy atom. The second kappa shape index (κ2) is 4.08. The highest BCUT2D eigenvalue weighted by molar-refractivity contribution is 7.85. The Hall–Kier alpha value is -0.910. The van der Waals surface area contributed by atoms with Crippen molar-refractivity contribution in [3.05, 3.63) is 29.3 Å². The predicted molar refractivity (Wildman–Crippen MR) is 50.3 cm³/mol. The lowest BCUT2D eigenvalue weighted by Gasteiger charge is -2.05. The molecule has 0 saturated carbocycles. The lowest BCUT2D eigenvalue weighted by Crippen LogP contribution is -2.04. The lowest BCUT2D eigenvalue weighted by molar-refractivity contribution is 0.196. The molecule has 0 aliphatic rings. The van der Waals surface area contributed by atoms with Gasteiger partial charge in [-0.05, 0) is 24.1 Å². The van der Waals surface area contributed by atoms with Crippen LogP contribution in [0.5, 0.6) is 0 Å². The van der Waals surface area contributed by atoms with E-state index >= 15 is 0 Å². The number of aryl methyl sites for hydroxylation is 1. The van der Waals surface area contributed by atoms with Crippen LogP contribution in [0.4, 0.5) is 0 Å². The van der Waals surface area contributed by atoms with E-state index in [2.05, 4.69) is 0 Å². The largest absolute Gasteiger partial charge is 0.294 e. The van der Waals surface area contributed by atoms with Crippen molar-refractivity contribution < 1.29 is 18.1 Å². The van der Waals surface area contributed by atoms with Crippen molar-refractivity contribution in [2.24, 2.45) is 0 Å². The molecule has 14 heavy (non-hydrogen) atoms. The minimum atomic E-state index is -4.22. The van der Waals surface area contributed by atoms with Gasteiger partial charge in [0.1, 0.15) is 0 Å². The summed E-state index contributed by atoms with van der Waals surface area (Å²) in [7, 11) is -4.22. The van der Waals surface area contributed by atoms with Crippen LogP contribution in [0, 0.1) is 6.92 Å². The van der Waals surface area contributed by atoms with Crippen molar-refractivity contribution >= 4 is 10.1 Å². The summed E-state index contributed by atoms with van der Waals surface area (Å²) in [6.45, 7) is 1.32. The second-order valence-corrected chi connectivity index (χ2v) is 4.43. The third-order valence-electron chi connectivity index (χ3n) is 1.87. The quantitative estimate of drug-likeness (QED) is 0.770. The predicted octanol–water partition coefficient (Wildman–Crippen LogP) is 1.21. The number of rotatable bonds is 3. The van der Waals surface area contributed by atoms with Gasteiger partial charge in [-0.15, -0.1) is 0 Å². The first-order chi connectivity index (χ1) is 6.45. The topological polar surface area (TPSA) is 74.3 Å². The Morgan fingerprint density at radius 2 is 2.00 bits per heavy atom. The first-order valence-corrected chi connectivity index (χ1v) is 5.54. The van der Waals surface area contributed by atoms with Crippen LogP contribution in [0.3, 0.4) is 0 Å². The molecule has 0 aliphatic heterocycles. The van der Waals surface area contributed by atoms with Crippen molar-refractivity contribution in [2.45, 2.75) is 18.2 Å². The number of benzene rings is 1. The molecule has 1 N–H and O–H groups in total. The first-order valence-electron chi connectivity index (χ1n) is 4.10. The van der Waals surface area contributed by atoms with E-state index in [4.69, 9.17) is 4.55 Å². The molecule has 0 fully saturated rings. The Bertz CT molecular complexity index is 422. The zero-order chi connectivity index (χ0) is 10.8. The molecule has 0 bridgehead atoms. The van der Waals surface area contributed by atoms with Gasteiger partial charge >= 0.3 is 0 Å². The normalized spacial score (nSPS) is 11.6. The van der Waals surface area contributed by atoms with Crippen LogP contribution in [-0.4, -0.2) is 19.6 Å². The third-order valence-corrected chi connectivity index (χ3v) is 2.81. The SMILES string of the molecule is Cc1ccc(CC[O])c(S(=O)(=O)O)c1. The molecular formula is C9H11O4S. The average molecular weight is 215 g/mol. The molecule has 1 aromatic rings. The van der Waals surface area contributed by atoms with Crippen molar-refractivity contribution in [1.29, 1.82) is 0 Å². The standard InChI is InChI=1S/C9H11O4S/c1-7-2-3-8(4-5-10)9(6-7)14(11,12)13/h2-3,6H,4-5H2,1H3,(H,11,12,13). The summed E-state index contributed by atoms with van der Waals surface area (Å²) in [5.74, 6) is 0. The van der Waals surface area contributed by atoms with Gasteiger partial charge < -0.3 is 0 Å². The molecule has 0 saturated heterocycles. The van der Waals surface area contributed by atoms with Crippen molar-refractivity contribution in [3.8, 4) is 0 Å². The zero-order valence-corrected chi connectivity index (χ0v) is 8.54. The van der Waals surface area contributed by atoms with Crippen LogP contribution < -0.4 is 0 Å². The van der Waals surface area contributed by atoms with Gasteiger partial charge in [0.25, 0.3) is 10.1 Å². The van der Waals surface area contributed by atoms with Crippen LogP contribution >= 0.6 is 0 Å². The molecule has 1 aromatic carbocycles. The van der Waals surface area contributed by atoms with Gasteiger partial charge in [-0.1, -0.05) is 12.1 Å². The first kappa shape index (κ1) is 11.2. The van der Waals surface area contributed by atoms with E-state index < -0.39 is 16.7 Å². The molecule has 77 valence electrons. The van der Waals surface area contributed by atoms with Crippen LogP contribution in [-0.2, 0) is 21.6 Å². The van der Waals surface area contributed by atoms with E-state index in [1.165, 1.54) is 6.07 Å². The fourth-order valence-electron chi connectivity index (χ4n) is 1.22. The van der Waals surface area contributed by atoms with Crippen molar-refractivity contribution in [1.82, 2.24) is 0 Å². The maximum atomic E-state index is 10.9. The minimum Gasteiger partial charge on any atom is -0.282 e. The molecule has 0 heterocycles. The Kier molecular flexibility index (Phi) is 3.25. The lowest BCUT2D eigenvalue weighted by atomic mass is 10.1. The summed E-state index contributed by atoms with van der Waals surface area (Å²) >= 11 is 0. The summed E-state index contributed by atoms with van der Waals surface area (Å²) in [5, 5.41) is 10.4. The summed E-state index contributed by atoms with van der Waals surface area (Å²) in [4.78, 5) is -0.159. The van der Waals surface area contributed by atoms with Crippen LogP contribution in [0.25, 0.3) is 0 Å². The van der Waals surface area contributed by atoms with Crippen LogP contribution in [0.1, 0.15) is 11.1 Å². The second-order valence-electron chi connectivity index (χ2n) is 3.04. The molecule has 0 atom stereocenters. The zero-order valence-electron chi connectivity index (χ0n) is 7.73. The molecule has 4 nitrogen and oxygen atoms in total. The highest BCUT2D eigenvalue weighted by Crippen LogP contribution is 2.17. The minimum absolute atomic E-state index is 0.107. The fourth-order valence-corrected chi connectivity index (χ4v) is 2.05. The number of hydrogen-bond donors (Lipinski definition) is 1. The maximum absolute atomic E-state index is 10.9. The highest BCUT2D eigenvalue weighted by atomic mass is 32.2. The van der Waals surface area contributed by atoms with E-state index in [1.807, 2.05) is 0 Å². The van der Waals surface area contributed by atoms with Crippen molar-refractivity contribution in [3.63, 3.8) is 0 Å². The van der Waals surface area contributed by atoms with E-state index in [0.29, 0.717) is 5.56 Å². The molecule has 0 aromatic heterocycles. The molecule has 1 radical (unpaired) electrons. The Labute approximate surface area is 82.9 Å². The summed E-state index contributed by atoms with van der Waals surface area (Å²) in [5.41, 5.74) is 1.10.